The molecule has 2 N–H and O–H groups in total. The molecule has 1 aromatic carbocycles. The summed E-state index contributed by atoms with van der Waals surface area (Å²) in [6.45, 7) is 0.646. The van der Waals surface area contributed by atoms with Gasteiger partial charge in [0.15, 0.2) is 0 Å². The Labute approximate surface area is 101 Å². The molecule has 1 aliphatic carbocycles. The standard InChI is InChI=1S/C13H17NO3/c1-16-13(15)12-10(14)6-3-7-11(12)17-8-9-4-2-5-9/h3,6-7,9H,2,4-5,8,14H2,1H3. The minimum absolute atomic E-state index is 0.328. The summed E-state index contributed by atoms with van der Waals surface area (Å²) in [6, 6.07) is 5.20. The molecule has 1 aliphatic rings. The number of methoxy groups -OCH3 is 1. The van der Waals surface area contributed by atoms with Gasteiger partial charge in [-0.15, -0.1) is 0 Å². The van der Waals surface area contributed by atoms with Gasteiger partial charge in [0.1, 0.15) is 11.3 Å². The molecule has 0 saturated heterocycles. The zero-order valence-electron chi connectivity index (χ0n) is 9.94. The first-order valence-corrected chi connectivity index (χ1v) is 5.82. The average Bonchev–Trinajstić information content (AvgIpc) is 2.26. The van der Waals surface area contributed by atoms with Crippen LogP contribution in [0.2, 0.25) is 0 Å². The molecule has 0 atom stereocenters. The molecule has 92 valence electrons. The molecule has 0 spiro atoms. The Morgan fingerprint density at radius 3 is 2.82 bits per heavy atom. The molecule has 17 heavy (non-hydrogen) atoms. The number of esters is 1. The van der Waals surface area contributed by atoms with Gasteiger partial charge in [0.25, 0.3) is 0 Å². The first kappa shape index (κ1) is 11.8. The maximum Gasteiger partial charge on any atom is 0.343 e. The third-order valence-corrected chi connectivity index (χ3v) is 3.15. The van der Waals surface area contributed by atoms with Gasteiger partial charge in [0.05, 0.1) is 13.7 Å². The number of benzene rings is 1. The monoisotopic (exact) mass is 235 g/mol. The van der Waals surface area contributed by atoms with E-state index in [-0.39, 0.29) is 0 Å². The summed E-state index contributed by atoms with van der Waals surface area (Å²) in [4.78, 5) is 11.6. The molecule has 0 aliphatic heterocycles. The van der Waals surface area contributed by atoms with E-state index >= 15 is 0 Å². The zero-order chi connectivity index (χ0) is 12.3. The van der Waals surface area contributed by atoms with Gasteiger partial charge in [0, 0.05) is 5.69 Å². The molecule has 1 aromatic rings. The Bertz CT molecular complexity index is 413. The van der Waals surface area contributed by atoms with E-state index in [0.717, 1.165) is 0 Å². The highest BCUT2D eigenvalue weighted by molar-refractivity contribution is 5.98. The number of hydrogen-bond donors (Lipinski definition) is 1. The maximum atomic E-state index is 11.6. The summed E-state index contributed by atoms with van der Waals surface area (Å²) >= 11 is 0. The van der Waals surface area contributed by atoms with Crippen molar-refractivity contribution in [1.29, 1.82) is 0 Å². The third kappa shape index (κ3) is 2.52. The van der Waals surface area contributed by atoms with Gasteiger partial charge >= 0.3 is 5.97 Å². The van der Waals surface area contributed by atoms with Crippen molar-refractivity contribution in [1.82, 2.24) is 0 Å². The summed E-state index contributed by atoms with van der Waals surface area (Å²) in [6.07, 6.45) is 3.68. The number of hydrogen-bond acceptors (Lipinski definition) is 4. The molecule has 4 nitrogen and oxygen atoms in total. The van der Waals surface area contributed by atoms with E-state index in [1.54, 1.807) is 18.2 Å². The van der Waals surface area contributed by atoms with Crippen LogP contribution in [0.3, 0.4) is 0 Å². The molecule has 0 radical (unpaired) electrons. The molecule has 0 bridgehead atoms. The first-order valence-electron chi connectivity index (χ1n) is 5.82. The minimum Gasteiger partial charge on any atom is -0.492 e. The van der Waals surface area contributed by atoms with Crippen molar-refractivity contribution in [2.24, 2.45) is 5.92 Å². The fourth-order valence-electron chi connectivity index (χ4n) is 1.86. The lowest BCUT2D eigenvalue weighted by atomic mass is 9.86. The van der Waals surface area contributed by atoms with Crippen LogP contribution < -0.4 is 10.5 Å². The predicted octanol–water partition coefficient (Wildman–Crippen LogP) is 2.23. The Balaban J connectivity index is 2.13. The number of nitrogen functional groups attached to an aromatic ring is 1. The van der Waals surface area contributed by atoms with Crippen molar-refractivity contribution in [3.8, 4) is 5.75 Å². The van der Waals surface area contributed by atoms with Gasteiger partial charge in [-0.3, -0.25) is 0 Å². The van der Waals surface area contributed by atoms with Gasteiger partial charge in [-0.25, -0.2) is 4.79 Å². The molecular formula is C13H17NO3. The SMILES string of the molecule is COC(=O)c1c(N)cccc1OCC1CCC1. The van der Waals surface area contributed by atoms with Crippen LogP contribution in [0.5, 0.6) is 5.75 Å². The number of rotatable bonds is 4. The average molecular weight is 235 g/mol. The highest BCUT2D eigenvalue weighted by atomic mass is 16.5. The minimum atomic E-state index is -0.452. The lowest BCUT2D eigenvalue weighted by Gasteiger charge is -2.25. The number of ether oxygens (including phenoxy) is 2. The second kappa shape index (κ2) is 5.08. The van der Waals surface area contributed by atoms with E-state index < -0.39 is 5.97 Å². The lowest BCUT2D eigenvalue weighted by molar-refractivity contribution is 0.0595. The van der Waals surface area contributed by atoms with Crippen molar-refractivity contribution in [3.05, 3.63) is 23.8 Å². The fraction of sp³-hybridized carbons (Fsp3) is 0.462. The predicted molar refractivity (Wildman–Crippen MR) is 65.0 cm³/mol. The van der Waals surface area contributed by atoms with E-state index in [2.05, 4.69) is 0 Å². The quantitative estimate of drug-likeness (QED) is 0.642. The second-order valence-electron chi connectivity index (χ2n) is 4.32. The Hall–Kier alpha value is -1.71. The summed E-state index contributed by atoms with van der Waals surface area (Å²) < 4.78 is 10.4. The third-order valence-electron chi connectivity index (χ3n) is 3.15. The van der Waals surface area contributed by atoms with Crippen molar-refractivity contribution in [2.75, 3.05) is 19.5 Å². The van der Waals surface area contributed by atoms with Crippen LogP contribution in [-0.2, 0) is 4.74 Å². The molecular weight excluding hydrogens is 218 g/mol. The lowest BCUT2D eigenvalue weighted by Crippen LogP contribution is -2.20. The molecule has 0 unspecified atom stereocenters. The molecule has 1 saturated carbocycles. The zero-order valence-corrected chi connectivity index (χ0v) is 9.94. The molecule has 2 rings (SSSR count). The van der Waals surface area contributed by atoms with Crippen molar-refractivity contribution in [3.63, 3.8) is 0 Å². The fourth-order valence-corrected chi connectivity index (χ4v) is 1.86. The molecule has 0 amide bonds. The van der Waals surface area contributed by atoms with Gasteiger partial charge in [-0.05, 0) is 30.9 Å². The van der Waals surface area contributed by atoms with Crippen LogP contribution >= 0.6 is 0 Å². The van der Waals surface area contributed by atoms with E-state index in [4.69, 9.17) is 15.2 Å². The Kier molecular flexibility index (Phi) is 3.52. The van der Waals surface area contributed by atoms with Gasteiger partial charge in [0.2, 0.25) is 0 Å². The number of carbonyl (C=O) groups is 1. The van der Waals surface area contributed by atoms with Crippen molar-refractivity contribution >= 4 is 11.7 Å². The van der Waals surface area contributed by atoms with E-state index in [1.807, 2.05) is 0 Å². The highest BCUT2D eigenvalue weighted by Gasteiger charge is 2.21. The summed E-state index contributed by atoms with van der Waals surface area (Å²) in [5, 5.41) is 0. The smallest absolute Gasteiger partial charge is 0.343 e. The van der Waals surface area contributed by atoms with E-state index in [1.165, 1.54) is 26.4 Å². The largest absolute Gasteiger partial charge is 0.492 e. The maximum absolute atomic E-state index is 11.6. The normalized spacial score (nSPS) is 15.1. The summed E-state index contributed by atoms with van der Waals surface area (Å²) in [7, 11) is 1.34. The van der Waals surface area contributed by atoms with Crippen LogP contribution in [0.1, 0.15) is 29.6 Å². The number of nitrogens with two attached hydrogens (primary N) is 1. The number of carbonyl (C=O) groups excluding carboxylic acids is 1. The van der Waals surface area contributed by atoms with Crippen LogP contribution in [0, 0.1) is 5.92 Å². The summed E-state index contributed by atoms with van der Waals surface area (Å²) in [5.41, 5.74) is 6.49. The van der Waals surface area contributed by atoms with E-state index in [0.29, 0.717) is 29.5 Å². The Morgan fingerprint density at radius 1 is 1.47 bits per heavy atom. The van der Waals surface area contributed by atoms with Gasteiger partial charge in [-0.1, -0.05) is 12.5 Å². The molecule has 0 aromatic heterocycles. The summed E-state index contributed by atoms with van der Waals surface area (Å²) in [5.74, 6) is 0.678. The second-order valence-corrected chi connectivity index (χ2v) is 4.32. The topological polar surface area (TPSA) is 61.5 Å². The molecule has 1 fully saturated rings. The van der Waals surface area contributed by atoms with Crippen molar-refractivity contribution < 1.29 is 14.3 Å². The van der Waals surface area contributed by atoms with Crippen LogP contribution in [0.4, 0.5) is 5.69 Å². The van der Waals surface area contributed by atoms with E-state index in [9.17, 15) is 4.79 Å². The molecule has 4 heteroatoms. The van der Waals surface area contributed by atoms with Gasteiger partial charge in [-0.2, -0.15) is 0 Å². The van der Waals surface area contributed by atoms with Crippen LogP contribution in [0.25, 0.3) is 0 Å². The molecule has 0 heterocycles. The Morgan fingerprint density at radius 2 is 2.24 bits per heavy atom. The highest BCUT2D eigenvalue weighted by Crippen LogP contribution is 2.30. The van der Waals surface area contributed by atoms with Crippen molar-refractivity contribution in [2.45, 2.75) is 19.3 Å². The first-order chi connectivity index (χ1) is 8.22. The number of anilines is 1. The van der Waals surface area contributed by atoms with Gasteiger partial charge < -0.3 is 15.2 Å². The van der Waals surface area contributed by atoms with Crippen LogP contribution in [0.15, 0.2) is 18.2 Å². The van der Waals surface area contributed by atoms with Crippen LogP contribution in [-0.4, -0.2) is 19.7 Å².